The van der Waals surface area contributed by atoms with Gasteiger partial charge in [-0.3, -0.25) is 4.79 Å². The van der Waals surface area contributed by atoms with E-state index in [9.17, 15) is 4.79 Å². The second-order valence-electron chi connectivity index (χ2n) is 6.63. The molecule has 4 nitrogen and oxygen atoms in total. The van der Waals surface area contributed by atoms with Crippen molar-refractivity contribution in [3.63, 3.8) is 0 Å². The molecule has 2 fully saturated rings. The molecule has 1 saturated heterocycles. The number of hydrogen-bond donors (Lipinski definition) is 3. The number of nitrogens with one attached hydrogen (secondary N) is 2. The Morgan fingerprint density at radius 2 is 1.96 bits per heavy atom. The number of hydrogen-bond acceptors (Lipinski definition) is 4. The number of nitrogen functional groups attached to an aromatic ring is 1. The molecule has 5 heteroatoms. The average Bonchev–Trinajstić information content (AvgIpc) is 3.18. The van der Waals surface area contributed by atoms with Crippen LogP contribution in [0.5, 0.6) is 0 Å². The molecule has 0 aromatic heterocycles. The van der Waals surface area contributed by atoms with Gasteiger partial charge in [0.2, 0.25) is 0 Å². The van der Waals surface area contributed by atoms with Crippen LogP contribution >= 0.6 is 11.8 Å². The quantitative estimate of drug-likeness (QED) is 0.749. The molecular formula is C19H21N3OS. The third kappa shape index (κ3) is 3.28. The summed E-state index contributed by atoms with van der Waals surface area (Å²) < 4.78 is 0. The van der Waals surface area contributed by atoms with E-state index >= 15 is 0 Å². The normalized spacial score (nSPS) is 24.9. The van der Waals surface area contributed by atoms with Gasteiger partial charge in [-0.25, -0.2) is 0 Å². The number of carbonyl (C=O) groups excluding carboxylic acids is 1. The summed E-state index contributed by atoms with van der Waals surface area (Å²) in [5, 5.41) is 6.65. The number of amides is 1. The minimum absolute atomic E-state index is 0.0230. The Morgan fingerprint density at radius 1 is 1.12 bits per heavy atom. The van der Waals surface area contributed by atoms with Crippen LogP contribution in [0.25, 0.3) is 0 Å². The van der Waals surface area contributed by atoms with Crippen LogP contribution in [0.15, 0.2) is 58.3 Å². The highest BCUT2D eigenvalue weighted by molar-refractivity contribution is 7.99. The van der Waals surface area contributed by atoms with Crippen LogP contribution in [0, 0.1) is 5.92 Å². The highest BCUT2D eigenvalue weighted by atomic mass is 32.2. The van der Waals surface area contributed by atoms with Crippen LogP contribution in [0.4, 0.5) is 5.69 Å². The number of piperidine rings is 1. The Bertz CT molecular complexity index is 747. The van der Waals surface area contributed by atoms with Crippen LogP contribution in [0.3, 0.4) is 0 Å². The maximum absolute atomic E-state index is 12.4. The van der Waals surface area contributed by atoms with Crippen molar-refractivity contribution in [2.75, 3.05) is 12.3 Å². The lowest BCUT2D eigenvalue weighted by atomic mass is 10.1. The minimum atomic E-state index is 0.0230. The van der Waals surface area contributed by atoms with Crippen LogP contribution in [-0.4, -0.2) is 24.5 Å². The zero-order valence-electron chi connectivity index (χ0n) is 13.4. The van der Waals surface area contributed by atoms with Gasteiger partial charge in [-0.05, 0) is 67.8 Å². The zero-order chi connectivity index (χ0) is 16.5. The Morgan fingerprint density at radius 3 is 2.62 bits per heavy atom. The Labute approximate surface area is 146 Å². The lowest BCUT2D eigenvalue weighted by Gasteiger charge is -2.24. The number of benzene rings is 2. The highest BCUT2D eigenvalue weighted by Crippen LogP contribution is 2.31. The molecule has 2 bridgehead atoms. The molecule has 0 spiro atoms. The summed E-state index contributed by atoms with van der Waals surface area (Å²) in [4.78, 5) is 14.6. The van der Waals surface area contributed by atoms with Crippen molar-refractivity contribution in [3.05, 3.63) is 54.1 Å². The van der Waals surface area contributed by atoms with E-state index in [4.69, 9.17) is 5.73 Å². The van der Waals surface area contributed by atoms with Crippen LogP contribution < -0.4 is 16.4 Å². The van der Waals surface area contributed by atoms with E-state index in [1.807, 2.05) is 48.5 Å². The van der Waals surface area contributed by atoms with Crippen molar-refractivity contribution < 1.29 is 4.79 Å². The summed E-state index contributed by atoms with van der Waals surface area (Å²) in [5.41, 5.74) is 7.29. The van der Waals surface area contributed by atoms with Crippen molar-refractivity contribution in [2.24, 2.45) is 5.92 Å². The van der Waals surface area contributed by atoms with Gasteiger partial charge in [-0.15, -0.1) is 0 Å². The molecule has 4 rings (SSSR count). The van der Waals surface area contributed by atoms with Crippen molar-refractivity contribution in [2.45, 2.75) is 34.7 Å². The van der Waals surface area contributed by atoms with E-state index < -0.39 is 0 Å². The Hall–Kier alpha value is -1.98. The maximum atomic E-state index is 12.4. The third-order valence-corrected chi connectivity index (χ3v) is 5.85. The molecule has 3 unspecified atom stereocenters. The smallest absolute Gasteiger partial charge is 0.251 e. The van der Waals surface area contributed by atoms with Crippen molar-refractivity contribution in [1.82, 2.24) is 10.6 Å². The van der Waals surface area contributed by atoms with E-state index in [0.29, 0.717) is 6.04 Å². The Balaban J connectivity index is 1.39. The predicted octanol–water partition coefficient (Wildman–Crippen LogP) is 2.90. The van der Waals surface area contributed by atoms with Gasteiger partial charge in [0.1, 0.15) is 0 Å². The summed E-state index contributed by atoms with van der Waals surface area (Å²) in [6.45, 7) is 1.10. The van der Waals surface area contributed by atoms with E-state index in [0.717, 1.165) is 39.9 Å². The van der Waals surface area contributed by atoms with Gasteiger partial charge < -0.3 is 16.4 Å². The van der Waals surface area contributed by atoms with E-state index in [-0.39, 0.29) is 11.9 Å². The molecule has 2 aromatic carbocycles. The molecule has 1 heterocycles. The summed E-state index contributed by atoms with van der Waals surface area (Å²) in [6.07, 6.45) is 2.30. The highest BCUT2D eigenvalue weighted by Gasteiger charge is 2.39. The second-order valence-corrected chi connectivity index (χ2v) is 7.78. The number of carbonyl (C=O) groups is 1. The predicted molar refractivity (Wildman–Crippen MR) is 97.2 cm³/mol. The fourth-order valence-corrected chi connectivity index (χ4v) is 4.54. The first-order valence-electron chi connectivity index (χ1n) is 8.35. The van der Waals surface area contributed by atoms with Gasteiger partial charge in [-0.1, -0.05) is 17.8 Å². The average molecular weight is 339 g/mol. The van der Waals surface area contributed by atoms with Gasteiger partial charge in [0, 0.05) is 33.1 Å². The van der Waals surface area contributed by atoms with Gasteiger partial charge >= 0.3 is 0 Å². The molecule has 1 aliphatic heterocycles. The molecule has 1 saturated carbocycles. The molecule has 3 atom stereocenters. The van der Waals surface area contributed by atoms with E-state index in [1.165, 1.54) is 6.42 Å². The molecule has 4 N–H and O–H groups in total. The third-order valence-electron chi connectivity index (χ3n) is 4.86. The molecule has 0 radical (unpaired) electrons. The molecular weight excluding hydrogens is 318 g/mol. The SMILES string of the molecule is Nc1cccc(Sc2ccc(C(=O)NC3CC4CNC3C4)cc2)c1. The number of nitrogens with two attached hydrogens (primary N) is 1. The summed E-state index contributed by atoms with van der Waals surface area (Å²) >= 11 is 1.64. The number of rotatable bonds is 4. The van der Waals surface area contributed by atoms with Crippen molar-refractivity contribution in [3.8, 4) is 0 Å². The largest absolute Gasteiger partial charge is 0.399 e. The fraction of sp³-hybridized carbons (Fsp3) is 0.316. The fourth-order valence-electron chi connectivity index (χ4n) is 3.65. The van der Waals surface area contributed by atoms with Crippen LogP contribution in [0.1, 0.15) is 23.2 Å². The maximum Gasteiger partial charge on any atom is 0.251 e. The molecule has 1 amide bonds. The minimum Gasteiger partial charge on any atom is -0.399 e. The van der Waals surface area contributed by atoms with E-state index in [2.05, 4.69) is 10.6 Å². The van der Waals surface area contributed by atoms with Crippen LogP contribution in [0.2, 0.25) is 0 Å². The Kier molecular flexibility index (Phi) is 4.21. The number of fused-ring (bicyclic) bond motifs is 2. The monoisotopic (exact) mass is 339 g/mol. The standard InChI is InChI=1S/C19H21N3OS/c20-14-2-1-3-16(10-14)24-15-6-4-13(5-7-15)19(23)22-18-9-12-8-17(18)21-11-12/h1-7,10,12,17-18,21H,8-9,11,20H2,(H,22,23). The summed E-state index contributed by atoms with van der Waals surface area (Å²) in [7, 11) is 0. The summed E-state index contributed by atoms with van der Waals surface area (Å²) in [5.74, 6) is 0.757. The number of anilines is 1. The van der Waals surface area contributed by atoms with Gasteiger partial charge in [-0.2, -0.15) is 0 Å². The molecule has 2 aliphatic rings. The van der Waals surface area contributed by atoms with Crippen molar-refractivity contribution >= 4 is 23.4 Å². The molecule has 1 aliphatic carbocycles. The topological polar surface area (TPSA) is 67.2 Å². The molecule has 124 valence electrons. The first-order chi connectivity index (χ1) is 11.7. The van der Waals surface area contributed by atoms with Gasteiger partial charge in [0.25, 0.3) is 5.91 Å². The lowest BCUT2D eigenvalue weighted by molar-refractivity contribution is 0.0928. The van der Waals surface area contributed by atoms with Gasteiger partial charge in [0.15, 0.2) is 0 Å². The first-order valence-corrected chi connectivity index (χ1v) is 9.17. The van der Waals surface area contributed by atoms with E-state index in [1.54, 1.807) is 11.8 Å². The molecule has 24 heavy (non-hydrogen) atoms. The van der Waals surface area contributed by atoms with Gasteiger partial charge in [0.05, 0.1) is 0 Å². The zero-order valence-corrected chi connectivity index (χ0v) is 14.2. The van der Waals surface area contributed by atoms with Crippen LogP contribution in [-0.2, 0) is 0 Å². The second kappa shape index (κ2) is 6.49. The lowest BCUT2D eigenvalue weighted by Crippen LogP contribution is -2.47. The summed E-state index contributed by atoms with van der Waals surface area (Å²) in [6, 6.07) is 16.3. The van der Waals surface area contributed by atoms with Crippen molar-refractivity contribution in [1.29, 1.82) is 0 Å². The first kappa shape index (κ1) is 15.5. The molecule has 2 aromatic rings.